The highest BCUT2D eigenvalue weighted by Crippen LogP contribution is 2.00. The van der Waals surface area contributed by atoms with Gasteiger partial charge in [0.05, 0.1) is 145 Å². The fourth-order valence-corrected chi connectivity index (χ4v) is 4.01. The van der Waals surface area contributed by atoms with Crippen molar-refractivity contribution in [1.82, 2.24) is 10.6 Å². The Morgan fingerprint density at radius 2 is 0.800 bits per heavy atom. The fraction of sp³-hybridized carbons (Fsp3) is 0.757. The molecule has 55 heavy (non-hydrogen) atoms. The number of alkyl carbamates (subject to hydrolysis) is 1. The number of carboxylic acid groups (broad SMARTS) is 1. The molecule has 0 heterocycles. The van der Waals surface area contributed by atoms with Gasteiger partial charge in [0.2, 0.25) is 5.91 Å². The molecule has 18 nitrogen and oxygen atoms in total. The monoisotopic (exact) mass is 792 g/mol. The van der Waals surface area contributed by atoms with Gasteiger partial charge in [0, 0.05) is 26.1 Å². The summed E-state index contributed by atoms with van der Waals surface area (Å²) in [5.74, 6) is -1.26. The molecule has 0 saturated carbocycles. The number of rotatable bonds is 42. The van der Waals surface area contributed by atoms with Crippen LogP contribution in [0.4, 0.5) is 4.79 Å². The van der Waals surface area contributed by atoms with Crippen molar-refractivity contribution in [3.63, 3.8) is 0 Å². The van der Waals surface area contributed by atoms with Crippen molar-refractivity contribution in [2.75, 3.05) is 158 Å². The summed E-state index contributed by atoms with van der Waals surface area (Å²) in [6, 6.07) is 9.48. The summed E-state index contributed by atoms with van der Waals surface area (Å²) in [5, 5.41) is 13.8. The first-order valence-corrected chi connectivity index (χ1v) is 18.9. The molecule has 318 valence electrons. The maximum Gasteiger partial charge on any atom is 0.407 e. The van der Waals surface area contributed by atoms with Crippen LogP contribution in [0.3, 0.4) is 0 Å². The molecule has 1 aromatic carbocycles. The van der Waals surface area contributed by atoms with E-state index in [-0.39, 0.29) is 25.4 Å². The minimum atomic E-state index is -0.986. The van der Waals surface area contributed by atoms with Crippen LogP contribution in [-0.4, -0.2) is 182 Å². The Labute approximate surface area is 324 Å². The second kappa shape index (κ2) is 40.6. The number of carbonyl (C=O) groups is 3. The van der Waals surface area contributed by atoms with Gasteiger partial charge in [-0.2, -0.15) is 0 Å². The van der Waals surface area contributed by atoms with E-state index in [1.165, 1.54) is 0 Å². The van der Waals surface area contributed by atoms with Crippen molar-refractivity contribution in [1.29, 1.82) is 0 Å². The molecule has 0 fully saturated rings. The molecule has 0 saturated heterocycles. The van der Waals surface area contributed by atoms with Gasteiger partial charge in [-0.3, -0.25) is 9.59 Å². The first kappa shape index (κ1) is 50.0. The molecule has 0 aliphatic heterocycles. The Bertz CT molecular complexity index is 1010. The van der Waals surface area contributed by atoms with Gasteiger partial charge in [-0.05, 0) is 12.0 Å². The number of carbonyl (C=O) groups excluding carboxylic acids is 2. The van der Waals surface area contributed by atoms with E-state index >= 15 is 0 Å². The molecule has 2 amide bonds. The maximum absolute atomic E-state index is 11.7. The van der Waals surface area contributed by atoms with E-state index in [0.29, 0.717) is 165 Å². The van der Waals surface area contributed by atoms with Gasteiger partial charge in [-0.15, -0.1) is 0 Å². The number of aliphatic carboxylic acids is 1. The van der Waals surface area contributed by atoms with Gasteiger partial charge in [0.1, 0.15) is 6.61 Å². The van der Waals surface area contributed by atoms with Crippen LogP contribution < -0.4 is 10.6 Å². The summed E-state index contributed by atoms with van der Waals surface area (Å²) in [7, 11) is 0. The van der Waals surface area contributed by atoms with Crippen LogP contribution in [0.5, 0.6) is 0 Å². The average molecular weight is 793 g/mol. The molecule has 0 spiro atoms. The van der Waals surface area contributed by atoms with Crippen LogP contribution in [0.15, 0.2) is 30.3 Å². The summed E-state index contributed by atoms with van der Waals surface area (Å²) in [5.41, 5.74) is 0.931. The third kappa shape index (κ3) is 39.0. The molecule has 1 aromatic rings. The lowest BCUT2D eigenvalue weighted by Gasteiger charge is -2.09. The van der Waals surface area contributed by atoms with Crippen LogP contribution >= 0.6 is 0 Å². The first-order valence-electron chi connectivity index (χ1n) is 18.9. The highest BCUT2D eigenvalue weighted by atomic mass is 16.6. The fourth-order valence-electron chi connectivity index (χ4n) is 4.01. The summed E-state index contributed by atoms with van der Waals surface area (Å²) in [4.78, 5) is 33.4. The van der Waals surface area contributed by atoms with E-state index in [9.17, 15) is 14.4 Å². The van der Waals surface area contributed by atoms with Crippen LogP contribution in [0.25, 0.3) is 0 Å². The molecule has 0 aliphatic rings. The lowest BCUT2D eigenvalue weighted by molar-refractivity contribution is -0.138. The van der Waals surface area contributed by atoms with Crippen molar-refractivity contribution in [2.45, 2.75) is 25.9 Å². The molecule has 0 atom stereocenters. The molecule has 18 heteroatoms. The van der Waals surface area contributed by atoms with Gasteiger partial charge in [-0.25, -0.2) is 4.79 Å². The first-order chi connectivity index (χ1) is 27.1. The van der Waals surface area contributed by atoms with Crippen molar-refractivity contribution >= 4 is 18.0 Å². The molecule has 1 rings (SSSR count). The van der Waals surface area contributed by atoms with E-state index in [2.05, 4.69) is 10.6 Å². The number of benzene rings is 1. The number of hydrogen-bond donors (Lipinski definition) is 3. The molecule has 0 bridgehead atoms. The van der Waals surface area contributed by atoms with Crippen LogP contribution in [0, 0.1) is 0 Å². The van der Waals surface area contributed by atoms with Crippen molar-refractivity contribution in [2.24, 2.45) is 0 Å². The van der Waals surface area contributed by atoms with E-state index in [1.54, 1.807) is 0 Å². The van der Waals surface area contributed by atoms with Gasteiger partial charge in [-0.1, -0.05) is 30.3 Å². The molecule has 3 N–H and O–H groups in total. The maximum atomic E-state index is 11.7. The Morgan fingerprint density at radius 3 is 1.18 bits per heavy atom. The second-order valence-corrected chi connectivity index (χ2v) is 11.3. The highest BCUT2D eigenvalue weighted by molar-refractivity contribution is 5.80. The summed E-state index contributed by atoms with van der Waals surface area (Å²) in [6.07, 6.45) is -0.0138. The van der Waals surface area contributed by atoms with E-state index in [4.69, 9.17) is 61.9 Å². The normalized spacial score (nSPS) is 11.1. The number of hydrogen-bond acceptors (Lipinski definition) is 15. The summed E-state index contributed by atoms with van der Waals surface area (Å²) in [6.45, 7) is 11.1. The zero-order valence-electron chi connectivity index (χ0n) is 32.3. The second-order valence-electron chi connectivity index (χ2n) is 11.3. The minimum Gasteiger partial charge on any atom is -0.481 e. The standard InChI is InChI=1S/C37H64N2O16/c40-35(7-8-36(41)42)38-9-4-11-44-13-15-46-17-19-48-21-23-50-25-27-52-29-31-54-32-30-53-28-26-51-24-22-49-20-18-47-16-14-45-12-10-39-37(43)55-33-34-5-2-1-3-6-34/h1-3,5-6H,4,7-33H2,(H,38,40)(H,39,43)(H,41,42). The number of amides is 2. The van der Waals surface area contributed by atoms with Gasteiger partial charge in [0.15, 0.2) is 0 Å². The highest BCUT2D eigenvalue weighted by Gasteiger charge is 2.05. The van der Waals surface area contributed by atoms with Crippen LogP contribution in [0.2, 0.25) is 0 Å². The minimum absolute atomic E-state index is 0.0148. The molecular formula is C37H64N2O16. The third-order valence-corrected chi connectivity index (χ3v) is 6.80. The Balaban J connectivity index is 1.63. The van der Waals surface area contributed by atoms with Crippen LogP contribution in [-0.2, 0) is 73.0 Å². The predicted octanol–water partition coefficient (Wildman–Crippen LogP) is 1.47. The lowest BCUT2D eigenvalue weighted by Crippen LogP contribution is -2.28. The molecular weight excluding hydrogens is 728 g/mol. The van der Waals surface area contributed by atoms with E-state index in [0.717, 1.165) is 5.56 Å². The third-order valence-electron chi connectivity index (χ3n) is 6.80. The smallest absolute Gasteiger partial charge is 0.407 e. The summed E-state index contributed by atoms with van der Waals surface area (Å²) >= 11 is 0. The van der Waals surface area contributed by atoms with Crippen molar-refractivity contribution in [3.05, 3.63) is 35.9 Å². The molecule has 0 unspecified atom stereocenters. The quantitative estimate of drug-likeness (QED) is 0.0802. The zero-order chi connectivity index (χ0) is 39.5. The van der Waals surface area contributed by atoms with Crippen LogP contribution in [0.1, 0.15) is 24.8 Å². The van der Waals surface area contributed by atoms with Gasteiger partial charge >= 0.3 is 12.1 Å². The Hall–Kier alpha value is -3.01. The zero-order valence-corrected chi connectivity index (χ0v) is 32.3. The van der Waals surface area contributed by atoms with Gasteiger partial charge < -0.3 is 72.6 Å². The SMILES string of the molecule is O=C(O)CCC(=O)NCCCOCCOCCOCCOCCOCCOCCOCCOCCOCCOCCOCCNC(=O)OCc1ccccc1. The predicted molar refractivity (Wildman–Crippen MR) is 198 cm³/mol. The number of ether oxygens (including phenoxy) is 12. The molecule has 0 aromatic heterocycles. The van der Waals surface area contributed by atoms with E-state index in [1.807, 2.05) is 30.3 Å². The number of carboxylic acids is 1. The summed E-state index contributed by atoms with van der Waals surface area (Å²) < 4.78 is 65.1. The lowest BCUT2D eigenvalue weighted by atomic mass is 10.2. The van der Waals surface area contributed by atoms with Gasteiger partial charge in [0.25, 0.3) is 0 Å². The number of nitrogens with one attached hydrogen (secondary N) is 2. The largest absolute Gasteiger partial charge is 0.481 e. The van der Waals surface area contributed by atoms with Crippen molar-refractivity contribution < 1.29 is 76.3 Å². The van der Waals surface area contributed by atoms with Crippen molar-refractivity contribution in [3.8, 4) is 0 Å². The topological polar surface area (TPSA) is 206 Å². The Morgan fingerprint density at radius 1 is 0.436 bits per heavy atom. The average Bonchev–Trinajstić information content (AvgIpc) is 3.19. The Kier molecular flexibility index (Phi) is 37.0. The molecule has 0 aliphatic carbocycles. The molecule has 0 radical (unpaired) electrons. The van der Waals surface area contributed by atoms with E-state index < -0.39 is 12.1 Å².